The Hall–Kier alpha value is -9.65. The standard InChI is InChI=1S/C106H124B2N4O2/c1-97(2,3)65-31-43-73(44-32-65)109(74-45-33-66(34-46-74)98(4,5)6)79-59-87-95-91(61-79)113-89-57-71(103(19,20)21)55-81(105(25,26)27)93(89)107(95)83-63-84-86(64-85(83)111(87)77-51-39-69(40-52-77)101(13,14)15)112(78-53-41-70(42-54-78)102(16,17)18)88-60-80(62-92-96(88)108(84)94-82(106(28,29)30)56-72(104(22,23)24)58-90(94)114-92)110(75-47-35-67(36-48-75)99(7,8)9)76-49-37-68(38-50-76)100(10,11)12/h31-64H,1-30H3. The van der Waals surface area contributed by atoms with Gasteiger partial charge in [-0.2, -0.15) is 0 Å². The second kappa shape index (κ2) is 27.0. The van der Waals surface area contributed by atoms with Gasteiger partial charge in [0.25, 0.3) is 13.4 Å². The molecule has 6 nitrogen and oxygen atoms in total. The van der Waals surface area contributed by atoms with Crippen LogP contribution in [-0.2, 0) is 54.1 Å². The Balaban J connectivity index is 1.11. The average molecular weight is 1510 g/mol. The first-order valence-corrected chi connectivity index (χ1v) is 41.9. The third kappa shape index (κ3) is 14.4. The van der Waals surface area contributed by atoms with Gasteiger partial charge in [-0.3, -0.25) is 0 Å². The lowest BCUT2D eigenvalue weighted by atomic mass is 9.29. The zero-order valence-corrected chi connectivity index (χ0v) is 74.4. The number of fused-ring (bicyclic) bond motifs is 8. The van der Waals surface area contributed by atoms with Crippen LogP contribution < -0.4 is 61.9 Å². The van der Waals surface area contributed by atoms with Gasteiger partial charge in [0.05, 0.1) is 11.4 Å². The molecule has 0 aromatic heterocycles. The summed E-state index contributed by atoms with van der Waals surface area (Å²) < 4.78 is 16.0. The number of rotatable bonds is 8. The van der Waals surface area contributed by atoms with Crippen molar-refractivity contribution in [2.75, 3.05) is 19.6 Å². The molecule has 0 amide bonds. The van der Waals surface area contributed by atoms with Crippen molar-refractivity contribution in [2.24, 2.45) is 0 Å². The molecule has 0 unspecified atom stereocenters. The minimum atomic E-state index is -0.305. The predicted molar refractivity (Wildman–Crippen MR) is 495 cm³/mol. The summed E-state index contributed by atoms with van der Waals surface area (Å²) in [6.45, 7) is 69.5. The van der Waals surface area contributed by atoms with Gasteiger partial charge < -0.3 is 29.1 Å². The minimum absolute atomic E-state index is 0.0491. The van der Waals surface area contributed by atoms with E-state index in [0.717, 1.165) is 102 Å². The van der Waals surface area contributed by atoms with Crippen LogP contribution in [0.4, 0.5) is 68.2 Å². The van der Waals surface area contributed by atoms with E-state index in [4.69, 9.17) is 9.47 Å². The average Bonchev–Trinajstić information content (AvgIpc) is 0.682. The van der Waals surface area contributed by atoms with Gasteiger partial charge in [0.2, 0.25) is 0 Å². The summed E-state index contributed by atoms with van der Waals surface area (Å²) in [6.07, 6.45) is 0. The van der Waals surface area contributed by atoms with Crippen LogP contribution in [0.15, 0.2) is 206 Å². The highest BCUT2D eigenvalue weighted by Gasteiger charge is 2.51. The van der Waals surface area contributed by atoms with Crippen molar-refractivity contribution in [3.63, 3.8) is 0 Å². The Kier molecular flexibility index (Phi) is 18.8. The van der Waals surface area contributed by atoms with Crippen LogP contribution in [0.25, 0.3) is 0 Å². The van der Waals surface area contributed by atoms with E-state index in [2.05, 4.69) is 434 Å². The second-order valence-corrected chi connectivity index (χ2v) is 43.8. The zero-order valence-electron chi connectivity index (χ0n) is 74.4. The van der Waals surface area contributed by atoms with Gasteiger partial charge in [0, 0.05) is 69.0 Å². The molecule has 8 heteroatoms. The molecule has 11 aromatic rings. The summed E-state index contributed by atoms with van der Waals surface area (Å²) in [5.41, 5.74) is 31.3. The van der Waals surface area contributed by atoms with Gasteiger partial charge in [0.15, 0.2) is 0 Å². The topological polar surface area (TPSA) is 31.4 Å². The molecule has 586 valence electrons. The molecule has 0 saturated heterocycles. The highest BCUT2D eigenvalue weighted by atomic mass is 16.5. The molecule has 4 aliphatic rings. The van der Waals surface area contributed by atoms with E-state index < -0.39 is 0 Å². The van der Waals surface area contributed by atoms with Crippen molar-refractivity contribution in [1.82, 2.24) is 0 Å². The fourth-order valence-corrected chi connectivity index (χ4v) is 17.7. The van der Waals surface area contributed by atoms with E-state index >= 15 is 0 Å². The van der Waals surface area contributed by atoms with Crippen molar-refractivity contribution >= 4 is 114 Å². The lowest BCUT2D eigenvalue weighted by Crippen LogP contribution is -2.65. The number of hydrogen-bond donors (Lipinski definition) is 0. The number of benzene rings is 11. The molecule has 0 bridgehead atoms. The van der Waals surface area contributed by atoms with Crippen molar-refractivity contribution in [3.8, 4) is 23.0 Å². The maximum atomic E-state index is 7.98. The van der Waals surface area contributed by atoms with E-state index in [0.29, 0.717) is 0 Å². The van der Waals surface area contributed by atoms with Gasteiger partial charge in [0.1, 0.15) is 23.0 Å². The van der Waals surface area contributed by atoms with Gasteiger partial charge in [-0.25, -0.2) is 0 Å². The van der Waals surface area contributed by atoms with Gasteiger partial charge in [-0.15, -0.1) is 0 Å². The molecule has 4 aliphatic heterocycles. The van der Waals surface area contributed by atoms with E-state index in [1.54, 1.807) is 0 Å². The highest BCUT2D eigenvalue weighted by molar-refractivity contribution is 7.02. The Morgan fingerprint density at radius 3 is 0.684 bits per heavy atom. The van der Waals surface area contributed by atoms with Crippen molar-refractivity contribution in [2.45, 2.75) is 262 Å². The van der Waals surface area contributed by atoms with Crippen LogP contribution >= 0.6 is 0 Å². The van der Waals surface area contributed by atoms with E-state index in [1.165, 1.54) is 77.5 Å². The molecule has 0 aliphatic carbocycles. The van der Waals surface area contributed by atoms with Gasteiger partial charge in [-0.05, 0) is 246 Å². The summed E-state index contributed by atoms with van der Waals surface area (Å²) in [5.74, 6) is 3.51. The molecule has 114 heavy (non-hydrogen) atoms. The molecule has 15 rings (SSSR count). The Bertz CT molecular complexity index is 5100. The monoisotopic (exact) mass is 1510 g/mol. The van der Waals surface area contributed by atoms with Crippen LogP contribution in [0.1, 0.15) is 263 Å². The number of nitrogens with zero attached hydrogens (tertiary/aromatic N) is 4. The second-order valence-electron chi connectivity index (χ2n) is 43.8. The third-order valence-electron chi connectivity index (χ3n) is 24.7. The van der Waals surface area contributed by atoms with Crippen LogP contribution in [0.2, 0.25) is 0 Å². The minimum Gasteiger partial charge on any atom is -0.458 e. The van der Waals surface area contributed by atoms with E-state index in [9.17, 15) is 0 Å². The molecule has 0 spiro atoms. The van der Waals surface area contributed by atoms with Crippen molar-refractivity contribution < 1.29 is 9.47 Å². The van der Waals surface area contributed by atoms with E-state index in [-0.39, 0.29) is 67.6 Å². The molecule has 4 heterocycles. The summed E-state index contributed by atoms with van der Waals surface area (Å²) in [5, 5.41) is 0. The SMILES string of the molecule is CC(C)(C)c1ccc(N(c2ccc(C(C)(C)C)cc2)c2cc3c4c(c2)N(c2ccc(C(C)(C)C)cc2)c2cc5c(cc2B4c2c(cc(C(C)(C)C)cc2C(C)(C)C)O3)B2c3c(cc(N(c4ccc(C(C)(C)C)cc4)c4ccc(C(C)(C)C)cc4)cc3N5c3ccc(C(C)(C)C)cc3)Oc3cc(C(C)(C)C)cc(C(C)(C)C)c32)cc1. The van der Waals surface area contributed by atoms with Crippen molar-refractivity contribution in [1.29, 1.82) is 0 Å². The largest absolute Gasteiger partial charge is 0.458 e. The molecule has 0 saturated carbocycles. The zero-order chi connectivity index (χ0) is 82.4. The number of hydrogen-bond acceptors (Lipinski definition) is 6. The van der Waals surface area contributed by atoms with Crippen LogP contribution in [0.5, 0.6) is 23.0 Å². The Morgan fingerprint density at radius 2 is 0.447 bits per heavy atom. The molecule has 11 aromatic carbocycles. The third-order valence-corrected chi connectivity index (χ3v) is 24.7. The van der Waals surface area contributed by atoms with Gasteiger partial charge >= 0.3 is 0 Å². The molecular formula is C106H124B2N4O2. The van der Waals surface area contributed by atoms with E-state index in [1.807, 2.05) is 0 Å². The highest BCUT2D eigenvalue weighted by Crippen LogP contribution is 2.53. The van der Waals surface area contributed by atoms with Crippen LogP contribution in [-0.4, -0.2) is 13.4 Å². The smallest absolute Gasteiger partial charge is 0.256 e. The Morgan fingerprint density at radius 1 is 0.211 bits per heavy atom. The van der Waals surface area contributed by atoms with Crippen LogP contribution in [0, 0.1) is 0 Å². The summed E-state index contributed by atoms with van der Waals surface area (Å²) in [4.78, 5) is 10.2. The maximum Gasteiger partial charge on any atom is 0.256 e. The maximum absolute atomic E-state index is 7.98. The lowest BCUT2D eigenvalue weighted by molar-refractivity contribution is 0.479. The first kappa shape index (κ1) is 79.6. The molecule has 0 atom stereocenters. The predicted octanol–water partition coefficient (Wildman–Crippen LogP) is 26.4. The lowest BCUT2D eigenvalue weighted by Gasteiger charge is -2.46. The first-order chi connectivity index (χ1) is 52.8. The molecule has 0 N–H and O–H groups in total. The summed E-state index contributed by atoms with van der Waals surface area (Å²) in [6, 6.07) is 81.1. The van der Waals surface area contributed by atoms with Gasteiger partial charge in [-0.1, -0.05) is 299 Å². The molecule has 0 radical (unpaired) electrons. The quantitative estimate of drug-likeness (QED) is 0.141. The van der Waals surface area contributed by atoms with Crippen molar-refractivity contribution in [3.05, 3.63) is 262 Å². The number of ether oxygens (including phenoxy) is 2. The molecule has 0 fully saturated rings. The van der Waals surface area contributed by atoms with Crippen LogP contribution in [0.3, 0.4) is 0 Å². The fourth-order valence-electron chi connectivity index (χ4n) is 17.7. The molecular weight excluding hydrogens is 1380 g/mol. The first-order valence-electron chi connectivity index (χ1n) is 41.9. The summed E-state index contributed by atoms with van der Waals surface area (Å²) >= 11 is 0. The fraction of sp³-hybridized carbons (Fsp3) is 0.377. The Labute approximate surface area is 685 Å². The number of anilines is 12. The normalized spacial score (nSPS) is 14.3. The summed E-state index contributed by atoms with van der Waals surface area (Å²) in [7, 11) is 0.